The van der Waals surface area contributed by atoms with Crippen molar-refractivity contribution in [1.29, 1.82) is 0 Å². The summed E-state index contributed by atoms with van der Waals surface area (Å²) in [6, 6.07) is 12.3. The molecule has 0 aliphatic rings. The fraction of sp³-hybridized carbons (Fsp3) is 0.125. The van der Waals surface area contributed by atoms with Crippen molar-refractivity contribution in [3.8, 4) is 0 Å². The van der Waals surface area contributed by atoms with Gasteiger partial charge in [0.1, 0.15) is 0 Å². The van der Waals surface area contributed by atoms with E-state index in [0.29, 0.717) is 11.3 Å². The summed E-state index contributed by atoms with van der Waals surface area (Å²) in [5, 5.41) is 11.7. The normalized spacial score (nSPS) is 10.1. The number of urea groups is 1. The molecule has 0 unspecified atom stereocenters. The Morgan fingerprint density at radius 1 is 1.14 bits per heavy atom. The fourth-order valence-corrected chi connectivity index (χ4v) is 2.09. The molecule has 2 aromatic rings. The van der Waals surface area contributed by atoms with Gasteiger partial charge in [-0.05, 0) is 30.7 Å². The smallest absolute Gasteiger partial charge is 0.338 e. The Balaban J connectivity index is 2.29. The molecule has 0 radical (unpaired) electrons. The highest BCUT2D eigenvalue weighted by Crippen LogP contribution is 2.21. The summed E-state index contributed by atoms with van der Waals surface area (Å²) in [6.07, 6.45) is 0. The number of carboxylic acids is 1. The second-order valence-corrected chi connectivity index (χ2v) is 4.62. The Morgan fingerprint density at radius 3 is 2.41 bits per heavy atom. The van der Waals surface area contributed by atoms with E-state index >= 15 is 0 Å². The zero-order valence-corrected chi connectivity index (χ0v) is 11.9. The molecule has 2 amide bonds. The van der Waals surface area contributed by atoms with Crippen molar-refractivity contribution < 1.29 is 19.1 Å². The molecule has 0 aliphatic carbocycles. The quantitative estimate of drug-likeness (QED) is 0.847. The van der Waals surface area contributed by atoms with E-state index in [-0.39, 0.29) is 11.3 Å². The second kappa shape index (κ2) is 6.71. The number of nitrogens with one attached hydrogen (secondary N) is 1. The molecule has 114 valence electrons. The summed E-state index contributed by atoms with van der Waals surface area (Å²) in [5.74, 6) is -1.15. The van der Waals surface area contributed by atoms with Crippen LogP contribution in [0.1, 0.15) is 15.9 Å². The van der Waals surface area contributed by atoms with E-state index in [0.717, 1.165) is 4.90 Å². The van der Waals surface area contributed by atoms with E-state index < -0.39 is 18.8 Å². The van der Waals surface area contributed by atoms with Gasteiger partial charge in [-0.3, -0.25) is 4.90 Å². The van der Waals surface area contributed by atoms with Crippen LogP contribution < -0.4 is 10.2 Å². The fourth-order valence-electron chi connectivity index (χ4n) is 2.09. The van der Waals surface area contributed by atoms with Crippen LogP contribution in [0.4, 0.5) is 20.6 Å². The van der Waals surface area contributed by atoms with E-state index in [1.807, 2.05) is 0 Å². The van der Waals surface area contributed by atoms with Crippen molar-refractivity contribution in [2.45, 2.75) is 6.92 Å². The number of carboxylic acid groups (broad SMARTS) is 1. The summed E-state index contributed by atoms with van der Waals surface area (Å²) >= 11 is 0. The minimum atomic E-state index is -1.15. The summed E-state index contributed by atoms with van der Waals surface area (Å²) in [4.78, 5) is 24.4. The van der Waals surface area contributed by atoms with E-state index in [1.165, 1.54) is 6.07 Å². The highest BCUT2D eigenvalue weighted by atomic mass is 19.1. The van der Waals surface area contributed by atoms with Crippen LogP contribution in [0, 0.1) is 6.92 Å². The van der Waals surface area contributed by atoms with Crippen molar-refractivity contribution in [2.75, 3.05) is 17.0 Å². The highest BCUT2D eigenvalue weighted by Gasteiger charge is 2.19. The first kappa shape index (κ1) is 15.5. The van der Waals surface area contributed by atoms with Crippen LogP contribution in [0.2, 0.25) is 0 Å². The average Bonchev–Trinajstić information content (AvgIpc) is 2.48. The molecule has 22 heavy (non-hydrogen) atoms. The molecule has 0 atom stereocenters. The number of alkyl halides is 1. The molecule has 5 nitrogen and oxygen atoms in total. The molecule has 0 heterocycles. The Hall–Kier alpha value is -2.89. The Morgan fingerprint density at radius 2 is 1.82 bits per heavy atom. The number of aromatic carboxylic acids is 1. The summed E-state index contributed by atoms with van der Waals surface area (Å²) in [6.45, 7) is 0.604. The molecular weight excluding hydrogens is 287 g/mol. The number of benzene rings is 2. The maximum absolute atomic E-state index is 13.2. The van der Waals surface area contributed by atoms with Gasteiger partial charge in [-0.25, -0.2) is 14.0 Å². The van der Waals surface area contributed by atoms with E-state index in [4.69, 9.17) is 0 Å². The van der Waals surface area contributed by atoms with Gasteiger partial charge in [-0.1, -0.05) is 30.3 Å². The monoisotopic (exact) mass is 302 g/mol. The van der Waals surface area contributed by atoms with Crippen LogP contribution >= 0.6 is 0 Å². The molecule has 2 N–H and O–H groups in total. The standard InChI is InChI=1S/C16H15FN2O3/c1-11-6-5-9-13(14(11)15(20)21)18-16(22)19(10-17)12-7-3-2-4-8-12/h2-9H,10H2,1H3,(H,18,22)(H,20,21). The first-order valence-electron chi connectivity index (χ1n) is 6.57. The zero-order chi connectivity index (χ0) is 16.1. The first-order chi connectivity index (χ1) is 10.5. The van der Waals surface area contributed by atoms with Crippen LogP contribution in [0.15, 0.2) is 48.5 Å². The number of carbonyl (C=O) groups is 2. The lowest BCUT2D eigenvalue weighted by molar-refractivity contribution is 0.0697. The van der Waals surface area contributed by atoms with Crippen LogP contribution in [0.5, 0.6) is 0 Å². The number of hydrogen-bond acceptors (Lipinski definition) is 2. The highest BCUT2D eigenvalue weighted by molar-refractivity contribution is 6.06. The van der Waals surface area contributed by atoms with Gasteiger partial charge in [0, 0.05) is 5.69 Å². The molecule has 0 saturated heterocycles. The molecule has 0 aliphatic heterocycles. The molecule has 0 spiro atoms. The zero-order valence-electron chi connectivity index (χ0n) is 11.9. The third kappa shape index (κ3) is 3.22. The molecule has 0 saturated carbocycles. The number of carbonyl (C=O) groups excluding carboxylic acids is 1. The van der Waals surface area contributed by atoms with Gasteiger partial charge in [0.25, 0.3) is 0 Å². The Kier molecular flexibility index (Phi) is 4.73. The molecule has 0 bridgehead atoms. The third-order valence-electron chi connectivity index (χ3n) is 3.16. The van der Waals surface area contributed by atoms with Gasteiger partial charge in [-0.2, -0.15) is 0 Å². The molecule has 2 rings (SSSR count). The topological polar surface area (TPSA) is 69.6 Å². The van der Waals surface area contributed by atoms with Crippen LogP contribution in [0.25, 0.3) is 0 Å². The Labute approximate surface area is 127 Å². The summed E-state index contributed by atoms with van der Waals surface area (Å²) in [5.41, 5.74) is 1.01. The lowest BCUT2D eigenvalue weighted by Gasteiger charge is -2.20. The molecule has 6 heteroatoms. The van der Waals surface area contributed by atoms with Crippen LogP contribution in [0.3, 0.4) is 0 Å². The van der Waals surface area contributed by atoms with Gasteiger partial charge in [0.15, 0.2) is 6.80 Å². The van der Waals surface area contributed by atoms with Crippen molar-refractivity contribution in [3.63, 3.8) is 0 Å². The predicted octanol–water partition coefficient (Wildman–Crippen LogP) is 3.66. The van der Waals surface area contributed by atoms with Gasteiger partial charge < -0.3 is 10.4 Å². The van der Waals surface area contributed by atoms with Crippen molar-refractivity contribution in [1.82, 2.24) is 0 Å². The van der Waals surface area contributed by atoms with Gasteiger partial charge in [-0.15, -0.1) is 0 Å². The lowest BCUT2D eigenvalue weighted by atomic mass is 10.1. The number of nitrogens with zero attached hydrogens (tertiary/aromatic N) is 1. The number of halogens is 1. The summed E-state index contributed by atoms with van der Waals surface area (Å²) in [7, 11) is 0. The average molecular weight is 302 g/mol. The molecule has 2 aromatic carbocycles. The van der Waals surface area contributed by atoms with Crippen molar-refractivity contribution in [3.05, 3.63) is 59.7 Å². The number of amides is 2. The van der Waals surface area contributed by atoms with E-state index in [1.54, 1.807) is 49.4 Å². The molecule has 0 fully saturated rings. The van der Waals surface area contributed by atoms with Gasteiger partial charge >= 0.3 is 12.0 Å². The largest absolute Gasteiger partial charge is 0.478 e. The lowest BCUT2D eigenvalue weighted by Crippen LogP contribution is -2.34. The second-order valence-electron chi connectivity index (χ2n) is 4.62. The van der Waals surface area contributed by atoms with Gasteiger partial charge in [0.2, 0.25) is 0 Å². The maximum Gasteiger partial charge on any atom is 0.338 e. The van der Waals surface area contributed by atoms with Crippen molar-refractivity contribution >= 4 is 23.4 Å². The van der Waals surface area contributed by atoms with Crippen LogP contribution in [-0.4, -0.2) is 23.9 Å². The van der Waals surface area contributed by atoms with Crippen LogP contribution in [-0.2, 0) is 0 Å². The van der Waals surface area contributed by atoms with Gasteiger partial charge in [0.05, 0.1) is 11.3 Å². The minimum absolute atomic E-state index is 0.0114. The minimum Gasteiger partial charge on any atom is -0.478 e. The molecule has 0 aromatic heterocycles. The Bertz CT molecular complexity index is 689. The number of aryl methyl sites for hydroxylation is 1. The van der Waals surface area contributed by atoms with E-state index in [2.05, 4.69) is 5.32 Å². The number of hydrogen-bond donors (Lipinski definition) is 2. The maximum atomic E-state index is 13.2. The number of para-hydroxylation sites is 1. The number of rotatable bonds is 4. The van der Waals surface area contributed by atoms with E-state index in [9.17, 15) is 19.1 Å². The summed E-state index contributed by atoms with van der Waals surface area (Å²) < 4.78 is 13.2. The van der Waals surface area contributed by atoms with Crippen molar-refractivity contribution in [2.24, 2.45) is 0 Å². The third-order valence-corrected chi connectivity index (χ3v) is 3.16. The number of anilines is 2. The predicted molar refractivity (Wildman–Crippen MR) is 82.1 cm³/mol. The SMILES string of the molecule is Cc1cccc(NC(=O)N(CF)c2ccccc2)c1C(=O)O. The molecular formula is C16H15FN2O3. The first-order valence-corrected chi connectivity index (χ1v) is 6.57.